The first kappa shape index (κ1) is 18.9. The molecule has 1 unspecified atom stereocenters. The van der Waals surface area contributed by atoms with Gasteiger partial charge in [0, 0.05) is 36.6 Å². The van der Waals surface area contributed by atoms with E-state index < -0.39 is 0 Å². The second-order valence-corrected chi connectivity index (χ2v) is 8.58. The van der Waals surface area contributed by atoms with Crippen molar-refractivity contribution in [2.75, 3.05) is 36.5 Å². The van der Waals surface area contributed by atoms with Crippen molar-refractivity contribution in [3.05, 3.63) is 42.2 Å². The molecule has 1 atom stereocenters. The molecule has 1 aromatic carbocycles. The normalized spacial score (nSPS) is 14.3. The van der Waals surface area contributed by atoms with Crippen LogP contribution in [0.2, 0.25) is 0 Å². The predicted octanol–water partition coefficient (Wildman–Crippen LogP) is 4.44. The van der Waals surface area contributed by atoms with E-state index in [-0.39, 0.29) is 0 Å². The molecule has 0 spiro atoms. The van der Waals surface area contributed by atoms with E-state index in [2.05, 4.69) is 56.8 Å². The molecule has 6 nitrogen and oxygen atoms in total. The number of fused-ring (bicyclic) bond motifs is 1. The summed E-state index contributed by atoms with van der Waals surface area (Å²) in [5.74, 6) is 1.08. The topological polar surface area (TPSA) is 75.1 Å². The van der Waals surface area contributed by atoms with Gasteiger partial charge in [0.25, 0.3) is 0 Å². The van der Waals surface area contributed by atoms with Crippen LogP contribution >= 0.6 is 23.1 Å². The summed E-state index contributed by atoms with van der Waals surface area (Å²) in [5, 5.41) is 7.70. The molecule has 1 aliphatic heterocycles. The van der Waals surface area contributed by atoms with E-state index in [1.165, 1.54) is 15.8 Å². The number of allylic oxidation sites excluding steroid dienone is 1. The molecule has 4 rings (SSSR count). The highest BCUT2D eigenvalue weighted by molar-refractivity contribution is 7.98. The molecule has 0 bridgehead atoms. The van der Waals surface area contributed by atoms with Gasteiger partial charge in [0.1, 0.15) is 0 Å². The molecule has 2 aromatic heterocycles. The van der Waals surface area contributed by atoms with Gasteiger partial charge >= 0.3 is 0 Å². The Morgan fingerprint density at radius 1 is 1.18 bits per heavy atom. The smallest absolute Gasteiger partial charge is 0.222 e. The fourth-order valence-electron chi connectivity index (χ4n) is 2.84. The van der Waals surface area contributed by atoms with Crippen LogP contribution in [0.3, 0.4) is 0 Å². The second kappa shape index (κ2) is 8.70. The summed E-state index contributed by atoms with van der Waals surface area (Å²) in [4.78, 5) is 18.7. The number of thioether (sulfide) groups is 1. The average Bonchev–Trinajstić information content (AvgIpc) is 3.40. The van der Waals surface area contributed by atoms with Gasteiger partial charge in [-0.2, -0.15) is 0 Å². The van der Waals surface area contributed by atoms with Crippen molar-refractivity contribution >= 4 is 56.2 Å². The minimum absolute atomic E-state index is 0.409. The number of anilines is 2. The molecule has 0 amide bonds. The largest absolute Gasteiger partial charge is 0.361 e. The number of nitrogens with one attached hydrogen (secondary N) is 2. The third kappa shape index (κ3) is 4.51. The van der Waals surface area contributed by atoms with Crippen molar-refractivity contribution in [3.8, 4) is 0 Å². The van der Waals surface area contributed by atoms with Crippen molar-refractivity contribution in [1.82, 2.24) is 15.0 Å². The summed E-state index contributed by atoms with van der Waals surface area (Å²) in [6.45, 7) is 4.60. The lowest BCUT2D eigenvalue weighted by Gasteiger charge is -2.13. The van der Waals surface area contributed by atoms with E-state index in [1.807, 2.05) is 24.9 Å². The minimum atomic E-state index is 0.409. The Kier molecular flexibility index (Phi) is 5.87. The zero-order valence-corrected chi connectivity index (χ0v) is 17.5. The molecule has 0 radical (unpaired) electrons. The molecular weight excluding hydrogens is 388 g/mol. The molecule has 0 fully saturated rings. The minimum Gasteiger partial charge on any atom is -0.361 e. The van der Waals surface area contributed by atoms with Crippen LogP contribution in [0.5, 0.6) is 0 Å². The van der Waals surface area contributed by atoms with Gasteiger partial charge in [-0.25, -0.2) is 15.0 Å². The molecule has 0 saturated heterocycles. The second-order valence-electron chi connectivity index (χ2n) is 6.67. The highest BCUT2D eigenvalue weighted by atomic mass is 32.2. The van der Waals surface area contributed by atoms with Gasteiger partial charge in [-0.1, -0.05) is 30.4 Å². The molecule has 144 valence electrons. The number of thiazole rings is 1. The lowest BCUT2D eigenvalue weighted by atomic mass is 10.1. The Balaban J connectivity index is 1.32. The number of aromatic nitrogens is 3. The van der Waals surface area contributed by atoms with Crippen molar-refractivity contribution in [1.29, 1.82) is 0 Å². The van der Waals surface area contributed by atoms with Crippen molar-refractivity contribution in [2.24, 2.45) is 10.9 Å². The van der Waals surface area contributed by atoms with Gasteiger partial charge in [-0.3, -0.25) is 4.99 Å². The Morgan fingerprint density at radius 2 is 2.00 bits per heavy atom. The zero-order chi connectivity index (χ0) is 19.3. The molecular formula is C20H22N6S2. The predicted molar refractivity (Wildman–Crippen MR) is 121 cm³/mol. The summed E-state index contributed by atoms with van der Waals surface area (Å²) in [7, 11) is 0. The van der Waals surface area contributed by atoms with Gasteiger partial charge in [0.15, 0.2) is 5.13 Å². The van der Waals surface area contributed by atoms with Gasteiger partial charge in [0.05, 0.1) is 16.8 Å². The maximum absolute atomic E-state index is 4.70. The highest BCUT2D eigenvalue weighted by Gasteiger charge is 2.09. The third-order valence-electron chi connectivity index (χ3n) is 4.44. The van der Waals surface area contributed by atoms with Gasteiger partial charge in [-0.15, -0.1) is 11.8 Å². The van der Waals surface area contributed by atoms with Crippen LogP contribution < -0.4 is 10.6 Å². The van der Waals surface area contributed by atoms with Gasteiger partial charge < -0.3 is 10.6 Å². The maximum atomic E-state index is 4.70. The summed E-state index contributed by atoms with van der Waals surface area (Å²) < 4.78 is 1.19. The molecule has 3 heterocycles. The summed E-state index contributed by atoms with van der Waals surface area (Å²) >= 11 is 3.33. The number of benzene rings is 1. The first-order valence-corrected chi connectivity index (χ1v) is 11.2. The average molecular weight is 411 g/mol. The van der Waals surface area contributed by atoms with Crippen LogP contribution in [0.15, 0.2) is 46.6 Å². The van der Waals surface area contributed by atoms with Crippen LogP contribution in [-0.4, -0.2) is 47.1 Å². The molecule has 8 heteroatoms. The quantitative estimate of drug-likeness (QED) is 0.535. The van der Waals surface area contributed by atoms with Crippen molar-refractivity contribution in [2.45, 2.75) is 11.8 Å². The number of aliphatic imine (C=N–C) groups is 1. The van der Waals surface area contributed by atoms with Crippen LogP contribution in [0.4, 0.5) is 11.1 Å². The first-order valence-electron chi connectivity index (χ1n) is 9.16. The van der Waals surface area contributed by atoms with Crippen molar-refractivity contribution < 1.29 is 0 Å². The molecule has 28 heavy (non-hydrogen) atoms. The van der Waals surface area contributed by atoms with Crippen molar-refractivity contribution in [3.63, 3.8) is 0 Å². The van der Waals surface area contributed by atoms with Crippen LogP contribution in [-0.2, 0) is 0 Å². The van der Waals surface area contributed by atoms with Gasteiger partial charge in [0.2, 0.25) is 5.95 Å². The van der Waals surface area contributed by atoms with Crippen LogP contribution in [0.1, 0.15) is 12.5 Å². The summed E-state index contributed by atoms with van der Waals surface area (Å²) in [5.41, 5.74) is 3.42. The maximum Gasteiger partial charge on any atom is 0.222 e. The first-order chi connectivity index (χ1) is 13.7. The monoisotopic (exact) mass is 410 g/mol. The van der Waals surface area contributed by atoms with E-state index in [0.29, 0.717) is 11.9 Å². The van der Waals surface area contributed by atoms with Gasteiger partial charge in [-0.05, 0) is 35.4 Å². The van der Waals surface area contributed by atoms with E-state index >= 15 is 0 Å². The molecule has 1 aliphatic rings. The third-order valence-corrected chi connectivity index (χ3v) is 6.10. The van der Waals surface area contributed by atoms with Crippen LogP contribution in [0.25, 0.3) is 15.8 Å². The Hall–Kier alpha value is -2.45. The lowest BCUT2D eigenvalue weighted by molar-refractivity contribution is 0.645. The van der Waals surface area contributed by atoms with E-state index in [0.717, 1.165) is 35.2 Å². The number of nitrogens with zero attached hydrogens (tertiary/aromatic N) is 4. The number of rotatable bonds is 8. The highest BCUT2D eigenvalue weighted by Crippen LogP contribution is 2.29. The molecule has 3 aromatic rings. The fraction of sp³-hybridized carbons (Fsp3) is 0.300. The van der Waals surface area contributed by atoms with E-state index in [4.69, 9.17) is 4.98 Å². The summed E-state index contributed by atoms with van der Waals surface area (Å²) in [6.07, 6.45) is 9.78. The molecule has 0 aliphatic carbocycles. The Labute approximate surface area is 172 Å². The Morgan fingerprint density at radius 3 is 2.75 bits per heavy atom. The van der Waals surface area contributed by atoms with Crippen LogP contribution in [0, 0.1) is 5.92 Å². The fourth-order valence-corrected chi connectivity index (χ4v) is 4.07. The number of hydrogen-bond donors (Lipinski definition) is 2. The molecule has 2 N–H and O–H groups in total. The van der Waals surface area contributed by atoms with E-state index in [1.54, 1.807) is 23.1 Å². The lowest BCUT2D eigenvalue weighted by Crippen LogP contribution is -2.20. The zero-order valence-electron chi connectivity index (χ0n) is 15.8. The molecule has 0 saturated carbocycles. The SMILES string of the molecule is CSc1cnc(NCC(C)CNc2nc3ccc(C4=CCN=C4)cc3s2)nc1. The Bertz CT molecular complexity index is 1010. The summed E-state index contributed by atoms with van der Waals surface area (Å²) in [6, 6.07) is 6.39. The number of hydrogen-bond acceptors (Lipinski definition) is 8. The standard InChI is InChI=1S/C20H22N6S2/c1-13(8-22-19-23-11-16(27-2)12-24-19)9-25-20-26-17-4-3-14(7-18(17)28-20)15-5-6-21-10-15/h3-5,7,10-13H,6,8-9H2,1-2H3,(H,25,26)(H,22,23,24). The van der Waals surface area contributed by atoms with E-state index in [9.17, 15) is 0 Å².